The number of aliphatic carboxylic acids is 1. The molecular formula is C19H25N3O4. The van der Waals surface area contributed by atoms with Gasteiger partial charge in [-0.2, -0.15) is 0 Å². The maximum absolute atomic E-state index is 12.6. The van der Waals surface area contributed by atoms with E-state index in [-0.39, 0.29) is 30.3 Å². The van der Waals surface area contributed by atoms with Crippen LogP contribution in [0.5, 0.6) is 0 Å². The van der Waals surface area contributed by atoms with Crippen LogP contribution in [0, 0.1) is 18.3 Å². The predicted molar refractivity (Wildman–Crippen MR) is 96.8 cm³/mol. The molecule has 1 aromatic heterocycles. The first-order chi connectivity index (χ1) is 12.4. The summed E-state index contributed by atoms with van der Waals surface area (Å²) in [5.74, 6) is -0.991. The third-order valence-corrected chi connectivity index (χ3v) is 5.66. The first kappa shape index (κ1) is 18.4. The van der Waals surface area contributed by atoms with Crippen LogP contribution in [0.1, 0.15) is 12.1 Å². The van der Waals surface area contributed by atoms with Crippen molar-refractivity contribution < 1.29 is 14.7 Å². The summed E-state index contributed by atoms with van der Waals surface area (Å²) in [4.78, 5) is 40.3. The summed E-state index contributed by atoms with van der Waals surface area (Å²) in [7, 11) is 0. The van der Waals surface area contributed by atoms with Gasteiger partial charge in [-0.3, -0.25) is 19.3 Å². The number of fused-ring (bicyclic) bond motifs is 1. The zero-order valence-corrected chi connectivity index (χ0v) is 15.1. The summed E-state index contributed by atoms with van der Waals surface area (Å²) in [6.45, 7) is 8.33. The van der Waals surface area contributed by atoms with E-state index in [0.717, 1.165) is 5.69 Å². The van der Waals surface area contributed by atoms with Gasteiger partial charge in [-0.05, 0) is 13.0 Å². The molecule has 0 radical (unpaired) electrons. The zero-order valence-electron chi connectivity index (χ0n) is 15.1. The Morgan fingerprint density at radius 1 is 1.35 bits per heavy atom. The number of aromatic nitrogens is 1. The molecule has 140 valence electrons. The van der Waals surface area contributed by atoms with Crippen molar-refractivity contribution in [1.82, 2.24) is 14.4 Å². The highest BCUT2D eigenvalue weighted by molar-refractivity contribution is 5.81. The van der Waals surface area contributed by atoms with Crippen LogP contribution >= 0.6 is 0 Å². The second kappa shape index (κ2) is 7.07. The number of likely N-dealkylation sites (tertiary alicyclic amines) is 2. The van der Waals surface area contributed by atoms with Gasteiger partial charge in [0.25, 0.3) is 5.56 Å². The molecule has 0 saturated carbocycles. The molecule has 2 aliphatic rings. The fraction of sp³-hybridized carbons (Fsp3) is 0.526. The van der Waals surface area contributed by atoms with Crippen molar-refractivity contribution in [1.29, 1.82) is 0 Å². The van der Waals surface area contributed by atoms with E-state index in [4.69, 9.17) is 0 Å². The number of hydrogen-bond donors (Lipinski definition) is 1. The Labute approximate surface area is 152 Å². The van der Waals surface area contributed by atoms with Gasteiger partial charge in [-0.1, -0.05) is 12.1 Å². The number of nitrogens with zero attached hydrogens (tertiary/aromatic N) is 3. The smallest absolute Gasteiger partial charge is 0.313 e. The summed E-state index contributed by atoms with van der Waals surface area (Å²) < 4.78 is 1.58. The maximum Gasteiger partial charge on any atom is 0.313 e. The average Bonchev–Trinajstić information content (AvgIpc) is 3.09. The van der Waals surface area contributed by atoms with Crippen LogP contribution in [0.2, 0.25) is 0 Å². The molecule has 2 atom stereocenters. The zero-order chi connectivity index (χ0) is 18.9. The van der Waals surface area contributed by atoms with E-state index in [1.54, 1.807) is 21.6 Å². The molecule has 26 heavy (non-hydrogen) atoms. The van der Waals surface area contributed by atoms with Gasteiger partial charge in [0.05, 0.1) is 0 Å². The van der Waals surface area contributed by atoms with Gasteiger partial charge in [0, 0.05) is 63.4 Å². The van der Waals surface area contributed by atoms with Crippen LogP contribution in [0.3, 0.4) is 0 Å². The molecule has 0 aromatic carbocycles. The summed E-state index contributed by atoms with van der Waals surface area (Å²) in [5, 5.41) is 9.80. The standard InChI is InChI=1S/C19H25N3O4/c1-3-8-20-10-15-11-21(13-19(15,12-20)18(25)26)16(23)7-9-22-14(2)5-4-6-17(22)24/h3-6,15H,1,7-13H2,2H3,(H,25,26)/t15-,19-/m1/s1. The van der Waals surface area contributed by atoms with Crippen LogP contribution in [0.25, 0.3) is 0 Å². The number of pyridine rings is 1. The molecule has 2 saturated heterocycles. The van der Waals surface area contributed by atoms with E-state index in [1.807, 2.05) is 13.0 Å². The molecule has 7 heteroatoms. The van der Waals surface area contributed by atoms with Crippen molar-refractivity contribution in [2.75, 3.05) is 32.7 Å². The molecule has 0 aliphatic carbocycles. The minimum Gasteiger partial charge on any atom is -0.481 e. The van der Waals surface area contributed by atoms with Gasteiger partial charge in [0.2, 0.25) is 5.91 Å². The average molecular weight is 359 g/mol. The molecule has 0 unspecified atom stereocenters. The highest BCUT2D eigenvalue weighted by Crippen LogP contribution is 2.42. The summed E-state index contributed by atoms with van der Waals surface area (Å²) >= 11 is 0. The Balaban J connectivity index is 1.67. The predicted octanol–water partition coefficient (Wildman–Crippen LogP) is 0.578. The molecule has 1 amide bonds. The molecule has 1 aromatic rings. The summed E-state index contributed by atoms with van der Waals surface area (Å²) in [6.07, 6.45) is 1.98. The molecule has 2 fully saturated rings. The molecule has 3 rings (SSSR count). The van der Waals surface area contributed by atoms with Crippen LogP contribution in [0.4, 0.5) is 0 Å². The quantitative estimate of drug-likeness (QED) is 0.751. The molecular weight excluding hydrogens is 334 g/mol. The van der Waals surface area contributed by atoms with Crippen LogP contribution in [-0.2, 0) is 16.1 Å². The van der Waals surface area contributed by atoms with E-state index < -0.39 is 11.4 Å². The Morgan fingerprint density at radius 2 is 2.12 bits per heavy atom. The van der Waals surface area contributed by atoms with Gasteiger partial charge in [-0.25, -0.2) is 0 Å². The lowest BCUT2D eigenvalue weighted by Gasteiger charge is -2.25. The van der Waals surface area contributed by atoms with Crippen molar-refractivity contribution in [2.24, 2.45) is 11.3 Å². The molecule has 2 aliphatic heterocycles. The lowest BCUT2D eigenvalue weighted by molar-refractivity contribution is -0.149. The topological polar surface area (TPSA) is 82.8 Å². The van der Waals surface area contributed by atoms with Gasteiger partial charge < -0.3 is 14.6 Å². The molecule has 0 bridgehead atoms. The Morgan fingerprint density at radius 3 is 2.73 bits per heavy atom. The molecule has 1 N–H and O–H groups in total. The fourth-order valence-corrected chi connectivity index (χ4v) is 4.26. The monoisotopic (exact) mass is 359 g/mol. The third-order valence-electron chi connectivity index (χ3n) is 5.66. The molecule has 3 heterocycles. The number of carbonyl (C=O) groups excluding carboxylic acids is 1. The van der Waals surface area contributed by atoms with Gasteiger partial charge in [0.1, 0.15) is 5.41 Å². The molecule has 0 spiro atoms. The number of amides is 1. The number of rotatable bonds is 6. The van der Waals surface area contributed by atoms with E-state index in [1.165, 1.54) is 6.07 Å². The second-order valence-corrected chi connectivity index (χ2v) is 7.32. The van der Waals surface area contributed by atoms with E-state index in [0.29, 0.717) is 32.7 Å². The highest BCUT2D eigenvalue weighted by atomic mass is 16.4. The third kappa shape index (κ3) is 3.19. The largest absolute Gasteiger partial charge is 0.481 e. The first-order valence-corrected chi connectivity index (χ1v) is 8.88. The van der Waals surface area contributed by atoms with Crippen molar-refractivity contribution in [3.05, 3.63) is 46.9 Å². The second-order valence-electron chi connectivity index (χ2n) is 7.32. The van der Waals surface area contributed by atoms with Crippen molar-refractivity contribution >= 4 is 11.9 Å². The lowest BCUT2D eigenvalue weighted by atomic mass is 9.81. The van der Waals surface area contributed by atoms with E-state index >= 15 is 0 Å². The van der Waals surface area contributed by atoms with Gasteiger partial charge in [-0.15, -0.1) is 6.58 Å². The SMILES string of the molecule is C=CCN1C[C@@H]2CN(C(=O)CCn3c(C)cccc3=O)C[C@]2(C(=O)O)C1. The lowest BCUT2D eigenvalue weighted by Crippen LogP contribution is -2.42. The summed E-state index contributed by atoms with van der Waals surface area (Å²) in [5.41, 5.74) is -0.207. The number of aryl methyl sites for hydroxylation is 1. The maximum atomic E-state index is 12.6. The van der Waals surface area contributed by atoms with Crippen LogP contribution in [-0.4, -0.2) is 64.1 Å². The Bertz CT molecular complexity index is 787. The van der Waals surface area contributed by atoms with Gasteiger partial charge in [0.15, 0.2) is 0 Å². The van der Waals surface area contributed by atoms with Gasteiger partial charge >= 0.3 is 5.97 Å². The van der Waals surface area contributed by atoms with Crippen molar-refractivity contribution in [3.8, 4) is 0 Å². The van der Waals surface area contributed by atoms with Crippen LogP contribution in [0.15, 0.2) is 35.6 Å². The van der Waals surface area contributed by atoms with E-state index in [9.17, 15) is 19.5 Å². The van der Waals surface area contributed by atoms with Crippen molar-refractivity contribution in [3.63, 3.8) is 0 Å². The Hall–Kier alpha value is -2.41. The number of hydrogen-bond acceptors (Lipinski definition) is 4. The highest BCUT2D eigenvalue weighted by Gasteiger charge is 2.58. The molecule has 7 nitrogen and oxygen atoms in total. The van der Waals surface area contributed by atoms with Crippen molar-refractivity contribution in [2.45, 2.75) is 19.9 Å². The first-order valence-electron chi connectivity index (χ1n) is 8.88. The number of carboxylic acids is 1. The summed E-state index contributed by atoms with van der Waals surface area (Å²) in [6, 6.07) is 5.01. The normalized spacial score (nSPS) is 25.3. The number of carbonyl (C=O) groups is 2. The fourth-order valence-electron chi connectivity index (χ4n) is 4.26. The minimum absolute atomic E-state index is 0.0647. The van der Waals surface area contributed by atoms with Crippen LogP contribution < -0.4 is 5.56 Å². The van der Waals surface area contributed by atoms with E-state index in [2.05, 4.69) is 11.5 Å². The minimum atomic E-state index is -0.891. The Kier molecular flexibility index (Phi) is 5.00. The number of carboxylic acid groups (broad SMARTS) is 1.